The van der Waals surface area contributed by atoms with E-state index >= 15 is 0 Å². The average molecular weight is 429 g/mol. The van der Waals surface area contributed by atoms with E-state index in [9.17, 15) is 23.3 Å². The lowest BCUT2D eigenvalue weighted by Gasteiger charge is -2.06. The van der Waals surface area contributed by atoms with Gasteiger partial charge in [0, 0.05) is 12.1 Å². The zero-order valence-corrected chi connectivity index (χ0v) is 16.9. The molecule has 0 aliphatic heterocycles. The number of carbonyl (C=O) groups is 1. The van der Waals surface area contributed by atoms with Crippen LogP contribution >= 0.6 is 11.3 Å². The third kappa shape index (κ3) is 3.96. The summed E-state index contributed by atoms with van der Waals surface area (Å²) in [6, 6.07) is 10.1. The molecule has 0 aliphatic rings. The van der Waals surface area contributed by atoms with E-state index in [1.165, 1.54) is 37.3 Å². The lowest BCUT2D eigenvalue weighted by molar-refractivity contribution is -0.384. The van der Waals surface area contributed by atoms with Crippen LogP contribution in [-0.4, -0.2) is 29.6 Å². The summed E-state index contributed by atoms with van der Waals surface area (Å²) in [6.07, 6.45) is 5.42. The molecule has 2 aromatic carbocycles. The first-order valence-electron chi connectivity index (χ1n) is 8.40. The maximum atomic E-state index is 12.8. The number of hydrogen-bond donors (Lipinski definition) is 0. The largest absolute Gasteiger partial charge is 0.305 e. The van der Waals surface area contributed by atoms with Gasteiger partial charge in [-0.15, -0.1) is 6.42 Å². The van der Waals surface area contributed by atoms with Gasteiger partial charge in [0.25, 0.3) is 11.6 Å². The van der Waals surface area contributed by atoms with Gasteiger partial charge in [0.1, 0.15) is 0 Å². The van der Waals surface area contributed by atoms with Crippen molar-refractivity contribution in [1.29, 1.82) is 0 Å². The molecule has 0 aliphatic carbocycles. The van der Waals surface area contributed by atoms with Crippen molar-refractivity contribution in [2.45, 2.75) is 18.4 Å². The number of nitro benzene ring substituents is 1. The number of benzene rings is 2. The van der Waals surface area contributed by atoms with Gasteiger partial charge < -0.3 is 4.57 Å². The molecule has 29 heavy (non-hydrogen) atoms. The van der Waals surface area contributed by atoms with Crippen molar-refractivity contribution in [2.75, 3.05) is 5.75 Å². The topological polar surface area (TPSA) is 112 Å². The predicted molar refractivity (Wildman–Crippen MR) is 109 cm³/mol. The number of nitro groups is 1. The number of aromatic nitrogens is 1. The minimum absolute atomic E-state index is 0.0370. The Morgan fingerprint density at radius 2 is 2.03 bits per heavy atom. The molecule has 3 aromatic rings. The first kappa shape index (κ1) is 20.4. The summed E-state index contributed by atoms with van der Waals surface area (Å²) in [6.45, 7) is 1.59. The van der Waals surface area contributed by atoms with E-state index in [2.05, 4.69) is 10.9 Å². The molecule has 0 saturated heterocycles. The molecule has 10 heteroatoms. The molecule has 3 rings (SSSR count). The van der Waals surface area contributed by atoms with E-state index < -0.39 is 20.7 Å². The van der Waals surface area contributed by atoms with Gasteiger partial charge in [-0.05, 0) is 18.2 Å². The van der Waals surface area contributed by atoms with E-state index in [0.717, 1.165) is 11.3 Å². The second kappa shape index (κ2) is 7.98. The van der Waals surface area contributed by atoms with Crippen molar-refractivity contribution >= 4 is 43.0 Å². The van der Waals surface area contributed by atoms with E-state index in [1.807, 2.05) is 0 Å². The lowest BCUT2D eigenvalue weighted by atomic mass is 10.2. The maximum absolute atomic E-state index is 12.8. The van der Waals surface area contributed by atoms with Gasteiger partial charge in [-0.1, -0.05) is 36.3 Å². The average Bonchev–Trinajstić information content (AvgIpc) is 3.04. The number of non-ortho nitro benzene ring substituents is 1. The Labute approximate surface area is 170 Å². The second-order valence-electron chi connectivity index (χ2n) is 5.90. The van der Waals surface area contributed by atoms with Crippen molar-refractivity contribution in [3.8, 4) is 12.3 Å². The number of nitrogens with zero attached hydrogens (tertiary/aromatic N) is 3. The van der Waals surface area contributed by atoms with E-state index in [-0.39, 0.29) is 33.2 Å². The number of hydrogen-bond acceptors (Lipinski definition) is 6. The molecule has 1 aromatic heterocycles. The van der Waals surface area contributed by atoms with Crippen molar-refractivity contribution in [2.24, 2.45) is 4.99 Å². The fraction of sp³-hybridized carbons (Fsp3) is 0.158. The molecule has 0 atom stereocenters. The standard InChI is InChI=1S/C19H15N3O5S2/c1-3-11-21-15-10-9-13(22(24)25)12-16(15)28-19(21)20-18(23)14-7-5-6-8-17(14)29(26,27)4-2/h1,5-10,12H,4,11H2,2H3. The van der Waals surface area contributed by atoms with E-state index in [0.29, 0.717) is 10.2 Å². The number of carbonyl (C=O) groups excluding carboxylic acids is 1. The number of thiazole rings is 1. The smallest absolute Gasteiger partial charge is 0.280 e. The van der Waals surface area contributed by atoms with Crippen LogP contribution in [0.15, 0.2) is 52.4 Å². The van der Waals surface area contributed by atoms with Crippen LogP contribution in [0.25, 0.3) is 10.2 Å². The Morgan fingerprint density at radius 1 is 1.31 bits per heavy atom. The fourth-order valence-electron chi connectivity index (χ4n) is 2.72. The van der Waals surface area contributed by atoms with Crippen LogP contribution in [-0.2, 0) is 16.4 Å². The molecule has 0 fully saturated rings. The van der Waals surface area contributed by atoms with Crippen LogP contribution in [0.3, 0.4) is 0 Å². The third-order valence-corrected chi connectivity index (χ3v) is 6.98. The van der Waals surface area contributed by atoms with Crippen LogP contribution in [0.4, 0.5) is 5.69 Å². The molecule has 0 bridgehead atoms. The highest BCUT2D eigenvalue weighted by Gasteiger charge is 2.21. The molecule has 0 N–H and O–H groups in total. The van der Waals surface area contributed by atoms with Crippen molar-refractivity contribution in [1.82, 2.24) is 4.57 Å². The van der Waals surface area contributed by atoms with Gasteiger partial charge in [-0.2, -0.15) is 4.99 Å². The van der Waals surface area contributed by atoms with Gasteiger partial charge in [0.05, 0.1) is 37.9 Å². The molecule has 8 nitrogen and oxygen atoms in total. The number of sulfone groups is 1. The Morgan fingerprint density at radius 3 is 2.69 bits per heavy atom. The summed E-state index contributed by atoms with van der Waals surface area (Å²) in [5.74, 6) is 1.58. The predicted octanol–water partition coefficient (Wildman–Crippen LogP) is 2.78. The third-order valence-electron chi connectivity index (χ3n) is 4.16. The Bertz CT molecular complexity index is 1340. The van der Waals surface area contributed by atoms with Crippen LogP contribution < -0.4 is 4.80 Å². The molecule has 0 saturated carbocycles. The Hall–Kier alpha value is -3.29. The van der Waals surface area contributed by atoms with Gasteiger partial charge in [0.2, 0.25) is 0 Å². The van der Waals surface area contributed by atoms with Gasteiger partial charge in [0.15, 0.2) is 14.6 Å². The zero-order chi connectivity index (χ0) is 21.2. The van der Waals surface area contributed by atoms with Crippen LogP contribution in [0.2, 0.25) is 0 Å². The first-order chi connectivity index (χ1) is 13.8. The zero-order valence-electron chi connectivity index (χ0n) is 15.2. The minimum Gasteiger partial charge on any atom is -0.305 e. The van der Waals surface area contributed by atoms with Crippen LogP contribution in [0, 0.1) is 22.5 Å². The monoisotopic (exact) mass is 429 g/mol. The number of amides is 1. The van der Waals surface area contributed by atoms with Crippen LogP contribution in [0.5, 0.6) is 0 Å². The normalized spacial score (nSPS) is 12.1. The van der Waals surface area contributed by atoms with E-state index in [1.54, 1.807) is 16.7 Å². The Kier molecular flexibility index (Phi) is 5.63. The molecule has 148 valence electrons. The SMILES string of the molecule is C#CCn1c(=NC(=O)c2ccccc2S(=O)(=O)CC)sc2cc([N+](=O)[O-])ccc21. The molecule has 1 heterocycles. The number of rotatable bonds is 5. The molecule has 0 radical (unpaired) electrons. The summed E-state index contributed by atoms with van der Waals surface area (Å²) in [5.41, 5.74) is 0.466. The fourth-order valence-corrected chi connectivity index (χ4v) is 4.87. The Balaban J connectivity index is 2.21. The second-order valence-corrected chi connectivity index (χ2v) is 9.16. The quantitative estimate of drug-likeness (QED) is 0.352. The van der Waals surface area contributed by atoms with Crippen LogP contribution in [0.1, 0.15) is 17.3 Å². The molecular weight excluding hydrogens is 414 g/mol. The molecule has 0 unspecified atom stereocenters. The highest BCUT2D eigenvalue weighted by atomic mass is 32.2. The lowest BCUT2D eigenvalue weighted by Crippen LogP contribution is -2.17. The summed E-state index contributed by atoms with van der Waals surface area (Å²) in [7, 11) is -3.62. The summed E-state index contributed by atoms with van der Waals surface area (Å²) in [5, 5.41) is 11.0. The maximum Gasteiger partial charge on any atom is 0.280 e. The highest BCUT2D eigenvalue weighted by Crippen LogP contribution is 2.24. The van der Waals surface area contributed by atoms with Gasteiger partial charge in [-0.25, -0.2) is 8.42 Å². The minimum atomic E-state index is -3.62. The summed E-state index contributed by atoms with van der Waals surface area (Å²) < 4.78 is 26.7. The molecular formula is C19H15N3O5S2. The van der Waals surface area contributed by atoms with Crippen molar-refractivity contribution in [3.05, 3.63) is 62.9 Å². The summed E-state index contributed by atoms with van der Waals surface area (Å²) >= 11 is 1.06. The van der Waals surface area contributed by atoms with Crippen molar-refractivity contribution < 1.29 is 18.1 Å². The van der Waals surface area contributed by atoms with Crippen molar-refractivity contribution in [3.63, 3.8) is 0 Å². The molecule has 1 amide bonds. The highest BCUT2D eigenvalue weighted by molar-refractivity contribution is 7.91. The number of terminal acetylenes is 1. The number of fused-ring (bicyclic) bond motifs is 1. The van der Waals surface area contributed by atoms with Gasteiger partial charge >= 0.3 is 0 Å². The summed E-state index contributed by atoms with van der Waals surface area (Å²) in [4.78, 5) is 27.5. The van der Waals surface area contributed by atoms with E-state index in [4.69, 9.17) is 6.42 Å². The van der Waals surface area contributed by atoms with Gasteiger partial charge in [-0.3, -0.25) is 14.9 Å². The molecule has 0 spiro atoms. The first-order valence-corrected chi connectivity index (χ1v) is 10.9.